The molecule has 0 saturated heterocycles. The first-order valence-corrected chi connectivity index (χ1v) is 10.7. The second-order valence-electron chi connectivity index (χ2n) is 7.78. The van der Waals surface area contributed by atoms with Gasteiger partial charge in [0.15, 0.2) is 0 Å². The molecule has 0 bridgehead atoms. The van der Waals surface area contributed by atoms with Crippen LogP contribution in [0, 0.1) is 0 Å². The molecule has 0 atom stereocenters. The Morgan fingerprint density at radius 3 is 1.16 bits per heavy atom. The van der Waals surface area contributed by atoms with E-state index in [2.05, 4.69) is 5.32 Å². The number of unbranched alkanes of at least 4 members (excludes halogenated alkanes) is 2. The first kappa shape index (κ1) is 20.9. The van der Waals surface area contributed by atoms with Gasteiger partial charge in [0.1, 0.15) is 0 Å². The van der Waals surface area contributed by atoms with Gasteiger partial charge < -0.3 is 5.32 Å². The average Bonchev–Trinajstić information content (AvgIpc) is 3.18. The number of carbonyl (C=O) groups is 4. The summed E-state index contributed by atoms with van der Waals surface area (Å²) in [4.78, 5) is 51.9. The third-order valence-corrected chi connectivity index (χ3v) is 5.73. The number of fused-ring (bicyclic) bond motifs is 2. The van der Waals surface area contributed by atoms with Gasteiger partial charge in [-0.3, -0.25) is 29.0 Å². The molecule has 0 spiro atoms. The van der Waals surface area contributed by atoms with E-state index in [1.807, 2.05) is 0 Å². The highest BCUT2D eigenvalue weighted by atomic mass is 16.2. The van der Waals surface area contributed by atoms with Crippen molar-refractivity contribution in [3.8, 4) is 0 Å². The van der Waals surface area contributed by atoms with Crippen LogP contribution in [-0.4, -0.2) is 59.6 Å². The van der Waals surface area contributed by atoms with E-state index in [1.54, 1.807) is 48.5 Å². The summed E-state index contributed by atoms with van der Waals surface area (Å²) in [6, 6.07) is 13.9. The van der Waals surface area contributed by atoms with E-state index >= 15 is 0 Å². The summed E-state index contributed by atoms with van der Waals surface area (Å²) in [6.45, 7) is 2.42. The number of nitrogens with one attached hydrogen (secondary N) is 1. The lowest BCUT2D eigenvalue weighted by Crippen LogP contribution is -2.31. The maximum absolute atomic E-state index is 12.3. The van der Waals surface area contributed by atoms with Crippen molar-refractivity contribution < 1.29 is 19.2 Å². The molecule has 7 nitrogen and oxygen atoms in total. The SMILES string of the molecule is O=C1c2ccccc2C(=O)N1CCCCNCCCCN1C(=O)c2ccccc2C1=O. The molecule has 4 amide bonds. The van der Waals surface area contributed by atoms with E-state index in [0.29, 0.717) is 35.3 Å². The number of benzene rings is 2. The number of nitrogens with zero attached hydrogens (tertiary/aromatic N) is 2. The van der Waals surface area contributed by atoms with Crippen molar-refractivity contribution in [2.24, 2.45) is 0 Å². The molecule has 1 N–H and O–H groups in total. The molecule has 0 aliphatic carbocycles. The van der Waals surface area contributed by atoms with Crippen LogP contribution in [0.15, 0.2) is 48.5 Å². The molecule has 0 radical (unpaired) electrons. The Labute approximate surface area is 181 Å². The summed E-state index contributed by atoms with van der Waals surface area (Å²) in [5.41, 5.74) is 1.96. The average molecular weight is 419 g/mol. The lowest BCUT2D eigenvalue weighted by Gasteiger charge is -2.14. The van der Waals surface area contributed by atoms with Gasteiger partial charge in [-0.25, -0.2) is 0 Å². The highest BCUT2D eigenvalue weighted by Gasteiger charge is 2.35. The molecule has 0 fully saturated rings. The Morgan fingerprint density at radius 2 is 0.839 bits per heavy atom. The van der Waals surface area contributed by atoms with Gasteiger partial charge in [-0.05, 0) is 63.0 Å². The van der Waals surface area contributed by atoms with Crippen LogP contribution < -0.4 is 5.32 Å². The standard InChI is InChI=1S/C24H25N3O4/c28-21-17-9-1-2-10-18(17)22(29)26(21)15-7-5-13-25-14-6-8-16-27-23(30)19-11-3-4-12-20(19)24(27)31/h1-4,9-12,25H,5-8,13-16H2. The van der Waals surface area contributed by atoms with E-state index in [0.717, 1.165) is 38.8 Å². The molecule has 0 unspecified atom stereocenters. The first-order chi connectivity index (χ1) is 15.1. The van der Waals surface area contributed by atoms with Gasteiger partial charge >= 0.3 is 0 Å². The minimum absolute atomic E-state index is 0.207. The number of imide groups is 2. The smallest absolute Gasteiger partial charge is 0.261 e. The van der Waals surface area contributed by atoms with Gasteiger partial charge in [-0.15, -0.1) is 0 Å². The molecular weight excluding hydrogens is 394 g/mol. The highest BCUT2D eigenvalue weighted by molar-refractivity contribution is 6.22. The largest absolute Gasteiger partial charge is 0.317 e. The maximum Gasteiger partial charge on any atom is 0.261 e. The normalized spacial score (nSPS) is 15.1. The van der Waals surface area contributed by atoms with Crippen molar-refractivity contribution in [3.63, 3.8) is 0 Å². The number of hydrogen-bond acceptors (Lipinski definition) is 5. The van der Waals surface area contributed by atoms with Gasteiger partial charge in [-0.2, -0.15) is 0 Å². The molecule has 2 aliphatic rings. The molecule has 0 aromatic heterocycles. The van der Waals surface area contributed by atoms with Crippen molar-refractivity contribution in [2.45, 2.75) is 25.7 Å². The summed E-state index contributed by atoms with van der Waals surface area (Å²) < 4.78 is 0. The fourth-order valence-corrected chi connectivity index (χ4v) is 4.05. The van der Waals surface area contributed by atoms with Crippen LogP contribution in [0.1, 0.15) is 67.1 Å². The Kier molecular flexibility index (Phi) is 6.23. The van der Waals surface area contributed by atoms with Gasteiger partial charge in [0, 0.05) is 13.1 Å². The van der Waals surface area contributed by atoms with Crippen molar-refractivity contribution in [1.29, 1.82) is 0 Å². The fraction of sp³-hybridized carbons (Fsp3) is 0.333. The molecule has 4 rings (SSSR count). The molecule has 2 heterocycles. The van der Waals surface area contributed by atoms with Gasteiger partial charge in [0.05, 0.1) is 22.3 Å². The van der Waals surface area contributed by atoms with E-state index in [1.165, 1.54) is 9.80 Å². The topological polar surface area (TPSA) is 86.8 Å². The highest BCUT2D eigenvalue weighted by Crippen LogP contribution is 2.23. The minimum Gasteiger partial charge on any atom is -0.317 e. The van der Waals surface area contributed by atoms with Crippen LogP contribution in [-0.2, 0) is 0 Å². The second kappa shape index (κ2) is 9.22. The number of rotatable bonds is 10. The van der Waals surface area contributed by atoms with E-state index in [-0.39, 0.29) is 23.6 Å². The molecule has 2 aliphatic heterocycles. The summed E-state index contributed by atoms with van der Waals surface area (Å²) in [5.74, 6) is -0.827. The van der Waals surface area contributed by atoms with Crippen molar-refractivity contribution in [2.75, 3.05) is 26.2 Å². The Hall–Kier alpha value is -3.32. The molecule has 31 heavy (non-hydrogen) atoms. The van der Waals surface area contributed by atoms with Gasteiger partial charge in [-0.1, -0.05) is 24.3 Å². The molecule has 2 aromatic rings. The van der Waals surface area contributed by atoms with Crippen LogP contribution in [0.3, 0.4) is 0 Å². The van der Waals surface area contributed by atoms with E-state index < -0.39 is 0 Å². The molecule has 7 heteroatoms. The van der Waals surface area contributed by atoms with Crippen LogP contribution in [0.25, 0.3) is 0 Å². The van der Waals surface area contributed by atoms with Crippen LogP contribution in [0.2, 0.25) is 0 Å². The molecule has 160 valence electrons. The summed E-state index contributed by atoms with van der Waals surface area (Å²) in [7, 11) is 0. The zero-order valence-electron chi connectivity index (χ0n) is 17.3. The quantitative estimate of drug-likeness (QED) is 0.473. The van der Waals surface area contributed by atoms with Crippen molar-refractivity contribution in [3.05, 3.63) is 70.8 Å². The zero-order valence-corrected chi connectivity index (χ0v) is 17.3. The Bertz CT molecular complexity index is 881. The zero-order chi connectivity index (χ0) is 21.8. The van der Waals surface area contributed by atoms with Crippen LogP contribution in [0.4, 0.5) is 0 Å². The Balaban J connectivity index is 1.09. The fourth-order valence-electron chi connectivity index (χ4n) is 4.05. The summed E-state index contributed by atoms with van der Waals surface area (Å²) in [5, 5.41) is 3.34. The monoisotopic (exact) mass is 419 g/mol. The van der Waals surface area contributed by atoms with Crippen molar-refractivity contribution >= 4 is 23.6 Å². The van der Waals surface area contributed by atoms with E-state index in [9.17, 15) is 19.2 Å². The maximum atomic E-state index is 12.3. The Morgan fingerprint density at radius 1 is 0.516 bits per heavy atom. The van der Waals surface area contributed by atoms with Crippen LogP contribution >= 0.6 is 0 Å². The van der Waals surface area contributed by atoms with Gasteiger partial charge in [0.2, 0.25) is 0 Å². The second-order valence-corrected chi connectivity index (χ2v) is 7.78. The molecule has 2 aromatic carbocycles. The number of amides is 4. The van der Waals surface area contributed by atoms with Gasteiger partial charge in [0.25, 0.3) is 23.6 Å². The predicted molar refractivity (Wildman–Crippen MR) is 115 cm³/mol. The third kappa shape index (κ3) is 4.14. The summed E-state index contributed by atoms with van der Waals surface area (Å²) >= 11 is 0. The number of carbonyl (C=O) groups excluding carboxylic acids is 4. The lowest BCUT2D eigenvalue weighted by molar-refractivity contribution is 0.0637. The molecule has 0 saturated carbocycles. The third-order valence-electron chi connectivity index (χ3n) is 5.73. The lowest BCUT2D eigenvalue weighted by atomic mass is 10.1. The van der Waals surface area contributed by atoms with Crippen molar-refractivity contribution in [1.82, 2.24) is 15.1 Å². The van der Waals surface area contributed by atoms with E-state index in [4.69, 9.17) is 0 Å². The predicted octanol–water partition coefficient (Wildman–Crippen LogP) is 2.73. The number of hydrogen-bond donors (Lipinski definition) is 1. The minimum atomic E-state index is -0.207. The first-order valence-electron chi connectivity index (χ1n) is 10.7. The summed E-state index contributed by atoms with van der Waals surface area (Å²) in [6.07, 6.45) is 3.19. The van der Waals surface area contributed by atoms with Crippen LogP contribution in [0.5, 0.6) is 0 Å². The molecular formula is C24H25N3O4.